The fraction of sp³-hybridized carbons (Fsp3) is 0.412. The molecule has 0 fully saturated rings. The third kappa shape index (κ3) is 3.49. The fourth-order valence-electron chi connectivity index (χ4n) is 2.74. The number of hydrogen-bond donors (Lipinski definition) is 2. The zero-order chi connectivity index (χ0) is 15.5. The maximum atomic E-state index is 10.4. The number of thiophene rings is 1. The summed E-state index contributed by atoms with van der Waals surface area (Å²) in [4.78, 5) is 0. The molecule has 0 aliphatic carbocycles. The summed E-state index contributed by atoms with van der Waals surface area (Å²) in [6.07, 6.45) is 0.599. The third-order valence-corrected chi connectivity index (χ3v) is 6.31. The van der Waals surface area contributed by atoms with Crippen molar-refractivity contribution in [2.75, 3.05) is 13.7 Å². The van der Waals surface area contributed by atoms with Gasteiger partial charge < -0.3 is 15.2 Å². The lowest BCUT2D eigenvalue weighted by Crippen LogP contribution is -2.30. The van der Waals surface area contributed by atoms with Crippen LogP contribution in [-0.4, -0.2) is 24.0 Å². The first-order valence-electron chi connectivity index (χ1n) is 7.47. The summed E-state index contributed by atoms with van der Waals surface area (Å²) in [7, 11) is 1.65. The summed E-state index contributed by atoms with van der Waals surface area (Å²) in [5.41, 5.74) is 2.30. The number of rotatable bonds is 5. The molecule has 1 aliphatic heterocycles. The van der Waals surface area contributed by atoms with Crippen molar-refractivity contribution in [1.82, 2.24) is 5.32 Å². The van der Waals surface area contributed by atoms with Gasteiger partial charge in [0.15, 0.2) is 0 Å². The summed E-state index contributed by atoms with van der Waals surface area (Å²) in [6.45, 7) is 2.82. The van der Waals surface area contributed by atoms with E-state index < -0.39 is 6.10 Å². The van der Waals surface area contributed by atoms with Gasteiger partial charge in [-0.3, -0.25) is 0 Å². The number of aliphatic hydroxyl groups excluding tert-OH is 1. The number of fused-ring (bicyclic) bond motifs is 1. The first-order chi connectivity index (χ1) is 10.7. The Morgan fingerprint density at radius 1 is 1.32 bits per heavy atom. The molecule has 0 bridgehead atoms. The molecule has 22 heavy (non-hydrogen) atoms. The highest BCUT2D eigenvalue weighted by Gasteiger charge is 2.26. The third-order valence-electron chi connectivity index (χ3n) is 3.97. The van der Waals surface area contributed by atoms with Crippen LogP contribution in [0, 0.1) is 0 Å². The molecule has 2 aromatic rings. The number of aliphatic hydroxyl groups is 1. The summed E-state index contributed by atoms with van der Waals surface area (Å²) in [5, 5.41) is 16.7. The minimum Gasteiger partial charge on any atom is -0.497 e. The van der Waals surface area contributed by atoms with Crippen LogP contribution in [0.3, 0.4) is 0 Å². The van der Waals surface area contributed by atoms with Crippen molar-refractivity contribution in [2.45, 2.75) is 34.9 Å². The summed E-state index contributed by atoms with van der Waals surface area (Å²) in [6, 6.07) is 10.1. The van der Waals surface area contributed by atoms with Crippen LogP contribution >= 0.6 is 23.1 Å². The lowest BCUT2D eigenvalue weighted by atomic mass is 10.0. The Morgan fingerprint density at radius 2 is 2.09 bits per heavy atom. The second-order valence-corrected chi connectivity index (χ2v) is 8.20. The fourth-order valence-corrected chi connectivity index (χ4v) is 5.31. The van der Waals surface area contributed by atoms with Gasteiger partial charge >= 0.3 is 0 Å². The standard InChI is InChI=1S/C17H21NO2S2/c1-11-9-15(14-7-8-21-17(14)22-11)18-10-16(19)12-3-5-13(20-2)6-4-12/h3-8,11,15-16,18-19H,9-10H2,1-2H3/t11-,15?,16?/m0/s1. The van der Waals surface area contributed by atoms with Crippen LogP contribution in [0.5, 0.6) is 5.75 Å². The highest BCUT2D eigenvalue weighted by atomic mass is 32.2. The zero-order valence-electron chi connectivity index (χ0n) is 12.8. The monoisotopic (exact) mass is 335 g/mol. The average Bonchev–Trinajstić information content (AvgIpc) is 3.00. The Labute approximate surface area is 139 Å². The summed E-state index contributed by atoms with van der Waals surface area (Å²) in [5.74, 6) is 0.810. The SMILES string of the molecule is COc1ccc(C(O)CNC2C[C@H](C)Sc3sccc32)cc1. The number of hydrogen-bond acceptors (Lipinski definition) is 5. The van der Waals surface area contributed by atoms with Crippen LogP contribution in [0.1, 0.15) is 36.6 Å². The minimum atomic E-state index is -0.502. The first-order valence-corrected chi connectivity index (χ1v) is 9.22. The van der Waals surface area contributed by atoms with Gasteiger partial charge in [0.05, 0.1) is 17.4 Å². The zero-order valence-corrected chi connectivity index (χ0v) is 14.4. The number of methoxy groups -OCH3 is 1. The molecule has 0 radical (unpaired) electrons. The van der Waals surface area contributed by atoms with Crippen LogP contribution in [0.4, 0.5) is 0 Å². The Balaban J connectivity index is 1.62. The maximum Gasteiger partial charge on any atom is 0.118 e. The van der Waals surface area contributed by atoms with E-state index in [1.165, 1.54) is 9.77 Å². The van der Waals surface area contributed by atoms with E-state index in [4.69, 9.17) is 4.74 Å². The van der Waals surface area contributed by atoms with Crippen molar-refractivity contribution in [3.05, 3.63) is 46.8 Å². The molecule has 1 aromatic carbocycles. The second kappa shape index (κ2) is 7.04. The molecule has 2 N–H and O–H groups in total. The maximum absolute atomic E-state index is 10.4. The Kier molecular flexibility index (Phi) is 5.08. The molecular formula is C17H21NO2S2. The topological polar surface area (TPSA) is 41.5 Å². The predicted molar refractivity (Wildman–Crippen MR) is 93.0 cm³/mol. The Hall–Kier alpha value is -1.01. The molecule has 3 nitrogen and oxygen atoms in total. The number of nitrogens with one attached hydrogen (secondary N) is 1. The van der Waals surface area contributed by atoms with Crippen LogP contribution in [0.15, 0.2) is 39.9 Å². The van der Waals surface area contributed by atoms with Crippen molar-refractivity contribution in [3.63, 3.8) is 0 Å². The van der Waals surface area contributed by atoms with E-state index in [2.05, 4.69) is 23.7 Å². The van der Waals surface area contributed by atoms with Crippen LogP contribution in [0.25, 0.3) is 0 Å². The van der Waals surface area contributed by atoms with Gasteiger partial charge in [-0.2, -0.15) is 0 Å². The van der Waals surface area contributed by atoms with Crippen molar-refractivity contribution in [2.24, 2.45) is 0 Å². The van der Waals surface area contributed by atoms with Crippen molar-refractivity contribution in [3.8, 4) is 5.75 Å². The van der Waals surface area contributed by atoms with Crippen molar-refractivity contribution < 1.29 is 9.84 Å². The average molecular weight is 335 g/mol. The minimum absolute atomic E-state index is 0.338. The van der Waals surface area contributed by atoms with Crippen molar-refractivity contribution in [1.29, 1.82) is 0 Å². The first kappa shape index (κ1) is 15.9. The molecule has 1 aromatic heterocycles. The predicted octanol–water partition coefficient (Wildman–Crippen LogP) is 4.01. The highest BCUT2D eigenvalue weighted by molar-refractivity contribution is 8.01. The molecule has 2 heterocycles. The van der Waals surface area contributed by atoms with Gasteiger partial charge in [-0.1, -0.05) is 19.1 Å². The molecule has 2 unspecified atom stereocenters. The number of thioether (sulfide) groups is 1. The van der Waals surface area contributed by atoms with E-state index in [0.717, 1.165) is 17.7 Å². The molecule has 118 valence electrons. The summed E-state index contributed by atoms with van der Waals surface area (Å²) >= 11 is 3.77. The lowest BCUT2D eigenvalue weighted by molar-refractivity contribution is 0.168. The summed E-state index contributed by atoms with van der Waals surface area (Å²) < 4.78 is 6.56. The van der Waals surface area contributed by atoms with Crippen LogP contribution < -0.4 is 10.1 Å². The normalized spacial score (nSPS) is 22.1. The molecule has 3 atom stereocenters. The largest absolute Gasteiger partial charge is 0.497 e. The number of ether oxygens (including phenoxy) is 1. The molecule has 1 aliphatic rings. The lowest BCUT2D eigenvalue weighted by Gasteiger charge is -2.28. The Morgan fingerprint density at radius 3 is 2.82 bits per heavy atom. The van der Waals surface area contributed by atoms with E-state index in [9.17, 15) is 5.11 Å². The van der Waals surface area contributed by atoms with E-state index in [1.54, 1.807) is 7.11 Å². The smallest absolute Gasteiger partial charge is 0.118 e. The van der Waals surface area contributed by atoms with E-state index in [0.29, 0.717) is 17.8 Å². The molecular weight excluding hydrogens is 314 g/mol. The van der Waals surface area contributed by atoms with Gasteiger partial charge in [-0.25, -0.2) is 0 Å². The van der Waals surface area contributed by atoms with Crippen molar-refractivity contribution >= 4 is 23.1 Å². The van der Waals surface area contributed by atoms with Crippen LogP contribution in [-0.2, 0) is 0 Å². The highest BCUT2D eigenvalue weighted by Crippen LogP contribution is 2.43. The molecule has 0 saturated carbocycles. The van der Waals surface area contributed by atoms with Gasteiger partial charge in [-0.05, 0) is 41.1 Å². The van der Waals surface area contributed by atoms with Gasteiger partial charge in [0, 0.05) is 17.8 Å². The van der Waals surface area contributed by atoms with E-state index >= 15 is 0 Å². The second-order valence-electron chi connectivity index (χ2n) is 5.58. The van der Waals surface area contributed by atoms with Gasteiger partial charge in [-0.15, -0.1) is 23.1 Å². The molecule has 0 saturated heterocycles. The van der Waals surface area contributed by atoms with Gasteiger partial charge in [0.2, 0.25) is 0 Å². The number of benzene rings is 1. The van der Waals surface area contributed by atoms with E-state index in [-0.39, 0.29) is 0 Å². The Bertz CT molecular complexity index is 611. The van der Waals surface area contributed by atoms with Gasteiger partial charge in [0.1, 0.15) is 5.75 Å². The molecule has 0 spiro atoms. The van der Waals surface area contributed by atoms with Gasteiger partial charge in [0.25, 0.3) is 0 Å². The molecule has 5 heteroatoms. The molecule has 0 amide bonds. The molecule has 3 rings (SSSR count). The van der Waals surface area contributed by atoms with E-state index in [1.807, 2.05) is 47.4 Å². The quantitative estimate of drug-likeness (QED) is 0.866. The van der Waals surface area contributed by atoms with Crippen LogP contribution in [0.2, 0.25) is 0 Å².